The van der Waals surface area contributed by atoms with E-state index in [1.54, 1.807) is 26.0 Å². The number of ether oxygens (including phenoxy) is 1. The molecule has 0 saturated heterocycles. The third kappa shape index (κ3) is 3.39. The van der Waals surface area contributed by atoms with Gasteiger partial charge >= 0.3 is 5.97 Å². The summed E-state index contributed by atoms with van der Waals surface area (Å²) in [7, 11) is 1.28. The van der Waals surface area contributed by atoms with Crippen molar-refractivity contribution in [1.82, 2.24) is 0 Å². The van der Waals surface area contributed by atoms with E-state index in [0.29, 0.717) is 17.5 Å². The summed E-state index contributed by atoms with van der Waals surface area (Å²) >= 11 is 6.49. The predicted molar refractivity (Wildman–Crippen MR) is 92.4 cm³/mol. The minimum atomic E-state index is -0.581. The van der Waals surface area contributed by atoms with Gasteiger partial charge in [-0.15, -0.1) is 11.6 Å². The molecule has 1 atom stereocenters. The van der Waals surface area contributed by atoms with E-state index < -0.39 is 5.97 Å². The predicted octanol–water partition coefficient (Wildman–Crippen LogP) is 4.77. The first-order chi connectivity index (χ1) is 11.3. The number of aromatic hydroxyl groups is 1. The fourth-order valence-corrected chi connectivity index (χ4v) is 3.13. The van der Waals surface area contributed by atoms with Crippen LogP contribution in [0.2, 0.25) is 0 Å². The van der Waals surface area contributed by atoms with Crippen LogP contribution in [-0.2, 0) is 11.2 Å². The molecular formula is C19H20ClFO3. The molecule has 128 valence electrons. The van der Waals surface area contributed by atoms with Gasteiger partial charge in [-0.25, -0.2) is 9.18 Å². The summed E-state index contributed by atoms with van der Waals surface area (Å²) in [6.45, 7) is 5.40. The van der Waals surface area contributed by atoms with E-state index in [9.17, 15) is 14.3 Å². The Morgan fingerprint density at radius 1 is 1.17 bits per heavy atom. The second-order valence-electron chi connectivity index (χ2n) is 5.79. The van der Waals surface area contributed by atoms with Gasteiger partial charge < -0.3 is 9.84 Å². The van der Waals surface area contributed by atoms with Crippen LogP contribution >= 0.6 is 11.6 Å². The molecule has 0 saturated carbocycles. The van der Waals surface area contributed by atoms with Crippen molar-refractivity contribution in [1.29, 1.82) is 0 Å². The Morgan fingerprint density at radius 2 is 1.75 bits per heavy atom. The molecule has 0 spiro atoms. The van der Waals surface area contributed by atoms with E-state index in [1.165, 1.54) is 19.2 Å². The first kappa shape index (κ1) is 18.3. The Morgan fingerprint density at radius 3 is 2.29 bits per heavy atom. The van der Waals surface area contributed by atoms with Crippen LogP contribution in [0.15, 0.2) is 24.3 Å². The monoisotopic (exact) mass is 350 g/mol. The zero-order chi connectivity index (χ0) is 18.0. The van der Waals surface area contributed by atoms with Crippen LogP contribution in [0, 0.1) is 26.6 Å². The Hall–Kier alpha value is -2.07. The summed E-state index contributed by atoms with van der Waals surface area (Å²) in [4.78, 5) is 12.0. The number of benzene rings is 2. The highest BCUT2D eigenvalue weighted by Gasteiger charge is 2.24. The Bertz CT molecular complexity index is 769. The maximum Gasteiger partial charge on any atom is 0.341 e. The van der Waals surface area contributed by atoms with Crippen LogP contribution < -0.4 is 0 Å². The second-order valence-corrected chi connectivity index (χ2v) is 6.32. The fourth-order valence-electron chi connectivity index (χ4n) is 2.83. The average Bonchev–Trinajstić information content (AvgIpc) is 2.57. The molecule has 0 amide bonds. The first-order valence-electron chi connectivity index (χ1n) is 7.57. The number of rotatable bonds is 4. The van der Waals surface area contributed by atoms with E-state index in [4.69, 9.17) is 16.3 Å². The lowest BCUT2D eigenvalue weighted by Crippen LogP contribution is -2.11. The van der Waals surface area contributed by atoms with Crippen molar-refractivity contribution in [3.05, 3.63) is 63.5 Å². The zero-order valence-corrected chi connectivity index (χ0v) is 14.9. The Balaban J connectivity index is 2.48. The Kier molecular flexibility index (Phi) is 5.50. The van der Waals surface area contributed by atoms with E-state index in [-0.39, 0.29) is 22.5 Å². The summed E-state index contributed by atoms with van der Waals surface area (Å²) in [6.07, 6.45) is 0.454. The van der Waals surface area contributed by atoms with Crippen molar-refractivity contribution in [2.45, 2.75) is 32.6 Å². The standard InChI is InChI=1S/C19H20ClFO3/c1-10-11(2)18(22)17(19(23)24-4)12(3)15(10)9-16(20)13-5-7-14(21)8-6-13/h5-8,16,22H,9H2,1-4H3. The van der Waals surface area contributed by atoms with Crippen LogP contribution in [0.1, 0.15) is 43.6 Å². The number of esters is 1. The van der Waals surface area contributed by atoms with Gasteiger partial charge in [0.25, 0.3) is 0 Å². The van der Waals surface area contributed by atoms with Gasteiger partial charge in [-0.1, -0.05) is 12.1 Å². The number of carbonyl (C=O) groups excluding carboxylic acids is 1. The normalized spacial score (nSPS) is 12.1. The first-order valence-corrected chi connectivity index (χ1v) is 8.01. The van der Waals surface area contributed by atoms with Gasteiger partial charge in [-0.3, -0.25) is 0 Å². The molecule has 1 N–H and O–H groups in total. The van der Waals surface area contributed by atoms with E-state index in [0.717, 1.165) is 16.7 Å². The maximum absolute atomic E-state index is 13.1. The van der Waals surface area contributed by atoms with Crippen molar-refractivity contribution >= 4 is 17.6 Å². The molecule has 2 aromatic rings. The minimum Gasteiger partial charge on any atom is -0.507 e. The largest absolute Gasteiger partial charge is 0.507 e. The maximum atomic E-state index is 13.1. The number of methoxy groups -OCH3 is 1. The van der Waals surface area contributed by atoms with Gasteiger partial charge in [0.2, 0.25) is 0 Å². The molecule has 0 radical (unpaired) electrons. The summed E-state index contributed by atoms with van der Waals surface area (Å²) in [5, 5.41) is 9.91. The van der Waals surface area contributed by atoms with Crippen LogP contribution in [-0.4, -0.2) is 18.2 Å². The van der Waals surface area contributed by atoms with Crippen LogP contribution in [0.3, 0.4) is 0 Å². The molecule has 2 aromatic carbocycles. The van der Waals surface area contributed by atoms with Gasteiger partial charge in [-0.2, -0.15) is 0 Å². The number of carbonyl (C=O) groups is 1. The van der Waals surface area contributed by atoms with Gasteiger partial charge in [0, 0.05) is 0 Å². The lowest BCUT2D eigenvalue weighted by molar-refractivity contribution is 0.0596. The molecule has 0 aliphatic rings. The molecule has 0 fully saturated rings. The lowest BCUT2D eigenvalue weighted by atomic mass is 9.89. The molecule has 24 heavy (non-hydrogen) atoms. The molecule has 1 unspecified atom stereocenters. The Labute approximate surface area is 146 Å². The lowest BCUT2D eigenvalue weighted by Gasteiger charge is -2.20. The molecule has 0 aliphatic carbocycles. The minimum absolute atomic E-state index is 0.0616. The van der Waals surface area contributed by atoms with Crippen molar-refractivity contribution in [2.24, 2.45) is 0 Å². The number of hydrogen-bond donors (Lipinski definition) is 1. The summed E-state index contributed by atoms with van der Waals surface area (Å²) in [5.41, 5.74) is 4.00. The van der Waals surface area contributed by atoms with Crippen molar-refractivity contribution < 1.29 is 19.0 Å². The second kappa shape index (κ2) is 7.22. The van der Waals surface area contributed by atoms with E-state index in [1.807, 2.05) is 6.92 Å². The van der Waals surface area contributed by atoms with Gasteiger partial charge in [0.1, 0.15) is 17.1 Å². The molecule has 0 aliphatic heterocycles. The van der Waals surface area contributed by atoms with E-state index in [2.05, 4.69) is 0 Å². The zero-order valence-electron chi connectivity index (χ0n) is 14.1. The molecule has 0 aromatic heterocycles. The fraction of sp³-hybridized carbons (Fsp3) is 0.316. The third-order valence-corrected chi connectivity index (χ3v) is 4.85. The molecule has 3 nitrogen and oxygen atoms in total. The van der Waals surface area contributed by atoms with E-state index >= 15 is 0 Å². The van der Waals surface area contributed by atoms with Gasteiger partial charge in [0.05, 0.1) is 12.5 Å². The topological polar surface area (TPSA) is 46.5 Å². The van der Waals surface area contributed by atoms with Crippen LogP contribution in [0.25, 0.3) is 0 Å². The van der Waals surface area contributed by atoms with Gasteiger partial charge in [-0.05, 0) is 67.1 Å². The van der Waals surface area contributed by atoms with Crippen molar-refractivity contribution in [2.75, 3.05) is 7.11 Å². The SMILES string of the molecule is COC(=O)c1c(C)c(CC(Cl)c2ccc(F)cc2)c(C)c(C)c1O. The molecule has 2 rings (SSSR count). The summed E-state index contributed by atoms with van der Waals surface area (Å²) in [5.74, 6) is -0.959. The summed E-state index contributed by atoms with van der Waals surface area (Å²) < 4.78 is 17.8. The molecule has 0 heterocycles. The molecule has 0 bridgehead atoms. The van der Waals surface area contributed by atoms with Crippen molar-refractivity contribution in [3.63, 3.8) is 0 Å². The highest BCUT2D eigenvalue weighted by molar-refractivity contribution is 6.21. The number of phenolic OH excluding ortho intramolecular Hbond substituents is 1. The highest BCUT2D eigenvalue weighted by Crippen LogP contribution is 2.36. The number of alkyl halides is 1. The van der Waals surface area contributed by atoms with Crippen LogP contribution in [0.5, 0.6) is 5.75 Å². The smallest absolute Gasteiger partial charge is 0.341 e. The van der Waals surface area contributed by atoms with Crippen LogP contribution in [0.4, 0.5) is 4.39 Å². The van der Waals surface area contributed by atoms with Crippen molar-refractivity contribution in [3.8, 4) is 5.75 Å². The number of phenols is 1. The number of hydrogen-bond acceptors (Lipinski definition) is 3. The third-order valence-electron chi connectivity index (χ3n) is 4.44. The molecular weight excluding hydrogens is 331 g/mol. The average molecular weight is 351 g/mol. The summed E-state index contributed by atoms with van der Waals surface area (Å²) in [6, 6.07) is 6.02. The molecule has 5 heteroatoms. The van der Waals surface area contributed by atoms with Gasteiger partial charge in [0.15, 0.2) is 0 Å². The highest BCUT2D eigenvalue weighted by atomic mass is 35.5. The number of halogens is 2. The quantitative estimate of drug-likeness (QED) is 0.638.